The van der Waals surface area contributed by atoms with E-state index in [4.69, 9.17) is 0 Å². The number of aryl methyl sites for hydroxylation is 1. The number of piperazine rings is 1. The van der Waals surface area contributed by atoms with Crippen molar-refractivity contribution in [1.29, 1.82) is 0 Å². The van der Waals surface area contributed by atoms with E-state index in [0.29, 0.717) is 5.69 Å². The molecule has 1 amide bonds. The van der Waals surface area contributed by atoms with Gasteiger partial charge in [0.1, 0.15) is 5.69 Å². The summed E-state index contributed by atoms with van der Waals surface area (Å²) in [5.41, 5.74) is 5.39. The van der Waals surface area contributed by atoms with Gasteiger partial charge in [0.15, 0.2) is 0 Å². The van der Waals surface area contributed by atoms with E-state index >= 15 is 0 Å². The second kappa shape index (κ2) is 8.21. The summed E-state index contributed by atoms with van der Waals surface area (Å²) in [5.74, 6) is 0.0192. The Bertz CT molecular complexity index is 766. The Balaban J connectivity index is 1.64. The number of amides is 1. The molecule has 2 aromatic rings. The second-order valence-electron chi connectivity index (χ2n) is 6.85. The van der Waals surface area contributed by atoms with E-state index in [9.17, 15) is 4.79 Å². The summed E-state index contributed by atoms with van der Waals surface area (Å²) in [6.45, 7) is 10.5. The molecular formula is C21H28N4O. The number of nitrogens with one attached hydrogen (secondary N) is 1. The van der Waals surface area contributed by atoms with Crippen molar-refractivity contribution in [3.63, 3.8) is 0 Å². The Kier molecular flexibility index (Phi) is 5.76. The quantitative estimate of drug-likeness (QED) is 0.895. The van der Waals surface area contributed by atoms with Gasteiger partial charge in [-0.1, -0.05) is 19.1 Å². The number of anilines is 2. The van der Waals surface area contributed by atoms with E-state index in [1.165, 1.54) is 16.8 Å². The monoisotopic (exact) mass is 352 g/mol. The Morgan fingerprint density at radius 3 is 2.65 bits per heavy atom. The Morgan fingerprint density at radius 2 is 1.92 bits per heavy atom. The molecule has 0 atom stereocenters. The molecule has 0 radical (unpaired) electrons. The van der Waals surface area contributed by atoms with Crippen LogP contribution in [0.2, 0.25) is 0 Å². The lowest BCUT2D eigenvalue weighted by Gasteiger charge is -2.37. The van der Waals surface area contributed by atoms with Crippen molar-refractivity contribution < 1.29 is 4.79 Å². The first-order valence-corrected chi connectivity index (χ1v) is 9.40. The third-order valence-corrected chi connectivity index (χ3v) is 5.04. The van der Waals surface area contributed by atoms with Gasteiger partial charge < -0.3 is 15.1 Å². The van der Waals surface area contributed by atoms with Crippen LogP contribution in [0.1, 0.15) is 35.0 Å². The highest BCUT2D eigenvalue weighted by Gasteiger charge is 2.24. The fraction of sp³-hybridized carbons (Fsp3) is 0.429. The molecule has 1 aromatic heterocycles. The normalized spacial score (nSPS) is 14.4. The van der Waals surface area contributed by atoms with Crippen LogP contribution in [0.25, 0.3) is 0 Å². The van der Waals surface area contributed by atoms with Gasteiger partial charge in [-0.25, -0.2) is 0 Å². The van der Waals surface area contributed by atoms with Gasteiger partial charge >= 0.3 is 0 Å². The highest BCUT2D eigenvalue weighted by molar-refractivity contribution is 5.93. The Hall–Kier alpha value is -2.56. The summed E-state index contributed by atoms with van der Waals surface area (Å²) in [7, 11) is 0. The van der Waals surface area contributed by atoms with Crippen molar-refractivity contribution in [1.82, 2.24) is 9.88 Å². The standard InChI is InChI=1S/C21H28N4O/c1-4-9-22-18-8-10-23-19(15-18)21(26)25-13-11-24(12-14-25)20-7-5-6-16(2)17(20)3/h5-8,10,15H,4,9,11-14H2,1-3H3,(H,22,23). The van der Waals surface area contributed by atoms with Crippen molar-refractivity contribution in [3.05, 3.63) is 53.3 Å². The van der Waals surface area contributed by atoms with Gasteiger partial charge in [-0.05, 0) is 49.6 Å². The molecule has 26 heavy (non-hydrogen) atoms. The van der Waals surface area contributed by atoms with Crippen molar-refractivity contribution in [2.45, 2.75) is 27.2 Å². The number of hydrogen-bond acceptors (Lipinski definition) is 4. The fourth-order valence-electron chi connectivity index (χ4n) is 3.32. The van der Waals surface area contributed by atoms with E-state index in [1.807, 2.05) is 17.0 Å². The topological polar surface area (TPSA) is 48.5 Å². The number of carbonyl (C=O) groups is 1. The molecule has 2 heterocycles. The molecule has 0 unspecified atom stereocenters. The molecule has 0 bridgehead atoms. The maximum absolute atomic E-state index is 12.8. The van der Waals surface area contributed by atoms with Gasteiger partial charge in [-0.3, -0.25) is 9.78 Å². The molecule has 1 N–H and O–H groups in total. The van der Waals surface area contributed by atoms with Gasteiger partial charge in [0.05, 0.1) is 0 Å². The van der Waals surface area contributed by atoms with Gasteiger partial charge in [0, 0.05) is 50.3 Å². The smallest absolute Gasteiger partial charge is 0.272 e. The molecule has 5 nitrogen and oxygen atoms in total. The van der Waals surface area contributed by atoms with Gasteiger partial charge in [0.25, 0.3) is 5.91 Å². The lowest BCUT2D eigenvalue weighted by atomic mass is 10.1. The zero-order chi connectivity index (χ0) is 18.5. The molecule has 1 aromatic carbocycles. The molecule has 0 saturated carbocycles. The van der Waals surface area contributed by atoms with Gasteiger partial charge in [-0.15, -0.1) is 0 Å². The number of carbonyl (C=O) groups excluding carboxylic acids is 1. The van der Waals surface area contributed by atoms with E-state index in [0.717, 1.165) is 44.8 Å². The van der Waals surface area contributed by atoms with Crippen LogP contribution >= 0.6 is 0 Å². The molecule has 1 fully saturated rings. The van der Waals surface area contributed by atoms with Crippen LogP contribution in [0.15, 0.2) is 36.5 Å². The highest BCUT2D eigenvalue weighted by atomic mass is 16.2. The van der Waals surface area contributed by atoms with Crippen LogP contribution in [0.3, 0.4) is 0 Å². The van der Waals surface area contributed by atoms with Crippen molar-refractivity contribution >= 4 is 17.3 Å². The number of aromatic nitrogens is 1. The van der Waals surface area contributed by atoms with Crippen LogP contribution in [0, 0.1) is 13.8 Å². The maximum atomic E-state index is 12.8. The lowest BCUT2D eigenvalue weighted by molar-refractivity contribution is 0.0741. The van der Waals surface area contributed by atoms with Crippen LogP contribution in [-0.2, 0) is 0 Å². The van der Waals surface area contributed by atoms with Gasteiger partial charge in [0.2, 0.25) is 0 Å². The largest absolute Gasteiger partial charge is 0.385 e. The van der Waals surface area contributed by atoms with Crippen LogP contribution in [-0.4, -0.2) is 48.5 Å². The fourth-order valence-corrected chi connectivity index (χ4v) is 3.32. The van der Waals surface area contributed by atoms with Crippen LogP contribution in [0.4, 0.5) is 11.4 Å². The van der Waals surface area contributed by atoms with E-state index in [2.05, 4.69) is 54.2 Å². The van der Waals surface area contributed by atoms with Crippen molar-refractivity contribution in [3.8, 4) is 0 Å². The molecule has 1 aliphatic heterocycles. The second-order valence-corrected chi connectivity index (χ2v) is 6.85. The summed E-state index contributed by atoms with van der Waals surface area (Å²) < 4.78 is 0. The van der Waals surface area contributed by atoms with E-state index < -0.39 is 0 Å². The van der Waals surface area contributed by atoms with Crippen molar-refractivity contribution in [2.24, 2.45) is 0 Å². The minimum Gasteiger partial charge on any atom is -0.385 e. The molecule has 0 spiro atoms. The zero-order valence-electron chi connectivity index (χ0n) is 16.0. The summed E-state index contributed by atoms with van der Waals surface area (Å²) >= 11 is 0. The average Bonchev–Trinajstić information content (AvgIpc) is 2.68. The third-order valence-electron chi connectivity index (χ3n) is 5.04. The number of rotatable bonds is 5. The molecule has 1 aliphatic rings. The number of benzene rings is 1. The summed E-state index contributed by atoms with van der Waals surface area (Å²) in [6.07, 6.45) is 2.75. The lowest BCUT2D eigenvalue weighted by Crippen LogP contribution is -2.49. The maximum Gasteiger partial charge on any atom is 0.272 e. The summed E-state index contributed by atoms with van der Waals surface area (Å²) in [5, 5.41) is 3.31. The predicted molar refractivity (Wildman–Crippen MR) is 107 cm³/mol. The van der Waals surface area contributed by atoms with Crippen LogP contribution < -0.4 is 10.2 Å². The molecule has 5 heteroatoms. The molecule has 1 saturated heterocycles. The summed E-state index contributed by atoms with van der Waals surface area (Å²) in [6, 6.07) is 10.2. The van der Waals surface area contributed by atoms with Crippen molar-refractivity contribution in [2.75, 3.05) is 42.9 Å². The minimum atomic E-state index is 0.0192. The molecular weight excluding hydrogens is 324 g/mol. The first-order valence-electron chi connectivity index (χ1n) is 9.40. The highest BCUT2D eigenvalue weighted by Crippen LogP contribution is 2.24. The summed E-state index contributed by atoms with van der Waals surface area (Å²) in [4.78, 5) is 21.4. The molecule has 3 rings (SSSR count). The number of hydrogen-bond donors (Lipinski definition) is 1. The number of pyridine rings is 1. The Labute approximate surface area is 156 Å². The first-order chi connectivity index (χ1) is 12.6. The zero-order valence-corrected chi connectivity index (χ0v) is 16.0. The predicted octanol–water partition coefficient (Wildman–Crippen LogP) is 3.48. The SMILES string of the molecule is CCCNc1ccnc(C(=O)N2CCN(c3cccc(C)c3C)CC2)c1. The first kappa shape index (κ1) is 18.2. The van der Waals surface area contributed by atoms with Gasteiger partial charge in [-0.2, -0.15) is 0 Å². The van der Waals surface area contributed by atoms with Crippen LogP contribution in [0.5, 0.6) is 0 Å². The van der Waals surface area contributed by atoms with E-state index in [-0.39, 0.29) is 5.91 Å². The third kappa shape index (κ3) is 3.98. The van der Waals surface area contributed by atoms with E-state index in [1.54, 1.807) is 6.20 Å². The Morgan fingerprint density at radius 1 is 1.15 bits per heavy atom. The minimum absolute atomic E-state index is 0.0192. The number of nitrogens with zero attached hydrogens (tertiary/aromatic N) is 3. The average molecular weight is 352 g/mol. The molecule has 0 aliphatic carbocycles. The molecule has 138 valence electrons.